The lowest BCUT2D eigenvalue weighted by atomic mass is 9.64. The lowest BCUT2D eigenvalue weighted by Crippen LogP contribution is -2.39. The topological polar surface area (TPSA) is 30.9 Å². The lowest BCUT2D eigenvalue weighted by Gasteiger charge is -2.40. The Morgan fingerprint density at radius 2 is 1.50 bits per heavy atom. The molecule has 0 saturated carbocycles. The molecule has 1 aliphatic heterocycles. The van der Waals surface area contributed by atoms with Crippen molar-refractivity contribution in [1.29, 1.82) is 0 Å². The molecule has 0 bridgehead atoms. The van der Waals surface area contributed by atoms with Crippen LogP contribution in [0.4, 0.5) is 5.69 Å². The van der Waals surface area contributed by atoms with Crippen LogP contribution in [-0.4, -0.2) is 40.7 Å². The Bertz CT molecular complexity index is 1120. The zero-order valence-corrected chi connectivity index (χ0v) is 22.0. The number of piperidine rings is 1. The molecule has 0 spiro atoms. The molecule has 0 unspecified atom stereocenters. The minimum absolute atomic E-state index is 0.101. The average molecular weight is 486 g/mol. The van der Waals surface area contributed by atoms with Crippen molar-refractivity contribution in [2.24, 2.45) is 11.8 Å². The van der Waals surface area contributed by atoms with Crippen LogP contribution in [0.1, 0.15) is 53.9 Å². The van der Waals surface area contributed by atoms with Gasteiger partial charge in [0.2, 0.25) is 0 Å². The molecule has 4 heteroatoms. The summed E-state index contributed by atoms with van der Waals surface area (Å²) in [6, 6.07) is 27.1. The van der Waals surface area contributed by atoms with Crippen LogP contribution in [-0.2, 0) is 15.9 Å². The highest BCUT2D eigenvalue weighted by Gasteiger charge is 2.37. The van der Waals surface area contributed by atoms with Crippen molar-refractivity contribution in [2.75, 3.05) is 39.3 Å². The van der Waals surface area contributed by atoms with E-state index in [1.807, 2.05) is 0 Å². The van der Waals surface area contributed by atoms with Gasteiger partial charge in [-0.1, -0.05) is 55.5 Å². The van der Waals surface area contributed by atoms with Gasteiger partial charge < -0.3 is 19.1 Å². The Hall–Kier alpha value is -2.82. The Labute approximate surface area is 216 Å². The molecule has 1 aliphatic carbocycles. The maximum absolute atomic E-state index is 5.57. The summed E-state index contributed by atoms with van der Waals surface area (Å²) in [5.41, 5.74) is 6.96. The van der Waals surface area contributed by atoms with E-state index in [1.165, 1.54) is 27.9 Å². The van der Waals surface area contributed by atoms with Gasteiger partial charge in [0, 0.05) is 44.8 Å². The summed E-state index contributed by atoms with van der Waals surface area (Å²) < 4.78 is 16.6. The third-order valence-corrected chi connectivity index (χ3v) is 8.39. The van der Waals surface area contributed by atoms with Crippen LogP contribution >= 0.6 is 0 Å². The first-order valence-corrected chi connectivity index (χ1v) is 13.2. The number of hydrogen-bond donors (Lipinski definition) is 0. The monoisotopic (exact) mass is 485 g/mol. The number of anilines is 1. The molecule has 0 N–H and O–H groups in total. The molecule has 190 valence electrons. The van der Waals surface area contributed by atoms with Crippen molar-refractivity contribution in [3.05, 3.63) is 95.1 Å². The Balaban J connectivity index is 1.43. The summed E-state index contributed by atoms with van der Waals surface area (Å²) in [6.45, 7) is 4.46. The fourth-order valence-corrected chi connectivity index (χ4v) is 6.57. The molecule has 3 aromatic carbocycles. The third-order valence-electron chi connectivity index (χ3n) is 8.39. The molecule has 1 heterocycles. The number of methoxy groups -OCH3 is 3. The van der Waals surface area contributed by atoms with E-state index in [9.17, 15) is 0 Å². The van der Waals surface area contributed by atoms with E-state index in [1.54, 1.807) is 21.3 Å². The van der Waals surface area contributed by atoms with Gasteiger partial charge in [0.25, 0.3) is 0 Å². The predicted molar refractivity (Wildman–Crippen MR) is 146 cm³/mol. The summed E-state index contributed by atoms with van der Waals surface area (Å²) in [4.78, 5) is 2.50. The Kier molecular flexibility index (Phi) is 7.64. The van der Waals surface area contributed by atoms with E-state index in [2.05, 4.69) is 84.6 Å². The summed E-state index contributed by atoms with van der Waals surface area (Å²) >= 11 is 0. The van der Waals surface area contributed by atoms with E-state index in [4.69, 9.17) is 14.2 Å². The van der Waals surface area contributed by atoms with Crippen molar-refractivity contribution in [3.8, 4) is 5.75 Å². The van der Waals surface area contributed by atoms with Crippen LogP contribution in [0.2, 0.25) is 0 Å². The zero-order valence-electron chi connectivity index (χ0n) is 22.0. The van der Waals surface area contributed by atoms with E-state index in [0.29, 0.717) is 23.7 Å². The van der Waals surface area contributed by atoms with Crippen LogP contribution in [0.15, 0.2) is 72.8 Å². The van der Waals surface area contributed by atoms with Crippen molar-refractivity contribution in [1.82, 2.24) is 0 Å². The van der Waals surface area contributed by atoms with Crippen LogP contribution in [0.3, 0.4) is 0 Å². The second kappa shape index (κ2) is 11.1. The van der Waals surface area contributed by atoms with E-state index >= 15 is 0 Å². The first-order chi connectivity index (χ1) is 17.6. The molecule has 2 aliphatic rings. The highest BCUT2D eigenvalue weighted by Crippen LogP contribution is 2.49. The zero-order chi connectivity index (χ0) is 25.1. The second-order valence-electron chi connectivity index (χ2n) is 10.4. The minimum atomic E-state index is -0.101. The Morgan fingerprint density at radius 1 is 0.806 bits per heavy atom. The fourth-order valence-electron chi connectivity index (χ4n) is 6.57. The summed E-state index contributed by atoms with van der Waals surface area (Å²) in [5, 5.41) is 0. The van der Waals surface area contributed by atoms with E-state index in [-0.39, 0.29) is 6.29 Å². The molecular weight excluding hydrogens is 446 g/mol. The number of benzene rings is 3. The average Bonchev–Trinajstić information content (AvgIpc) is 2.93. The van der Waals surface area contributed by atoms with Gasteiger partial charge in [0.15, 0.2) is 6.29 Å². The highest BCUT2D eigenvalue weighted by atomic mass is 16.7. The van der Waals surface area contributed by atoms with Crippen molar-refractivity contribution in [3.63, 3.8) is 0 Å². The van der Waals surface area contributed by atoms with Gasteiger partial charge in [-0.15, -0.1) is 0 Å². The van der Waals surface area contributed by atoms with Gasteiger partial charge >= 0.3 is 0 Å². The molecule has 3 atom stereocenters. The van der Waals surface area contributed by atoms with Crippen molar-refractivity contribution in [2.45, 2.75) is 44.3 Å². The van der Waals surface area contributed by atoms with Crippen molar-refractivity contribution >= 4 is 5.69 Å². The first-order valence-electron chi connectivity index (χ1n) is 13.2. The molecule has 5 rings (SSSR count). The maximum Gasteiger partial charge on any atom is 0.159 e. The van der Waals surface area contributed by atoms with Crippen LogP contribution in [0.5, 0.6) is 5.75 Å². The molecule has 0 radical (unpaired) electrons. The predicted octanol–water partition coefficient (Wildman–Crippen LogP) is 6.64. The second-order valence-corrected chi connectivity index (χ2v) is 10.4. The van der Waals surface area contributed by atoms with E-state index in [0.717, 1.165) is 38.1 Å². The Morgan fingerprint density at radius 3 is 2.14 bits per heavy atom. The number of hydrogen-bond acceptors (Lipinski definition) is 4. The van der Waals surface area contributed by atoms with Crippen LogP contribution in [0, 0.1) is 11.8 Å². The molecular formula is C32H39NO3. The van der Waals surface area contributed by atoms with Crippen molar-refractivity contribution < 1.29 is 14.2 Å². The highest BCUT2D eigenvalue weighted by molar-refractivity contribution is 5.53. The molecule has 1 saturated heterocycles. The summed E-state index contributed by atoms with van der Waals surface area (Å²) in [5.74, 6) is 2.69. The van der Waals surface area contributed by atoms with Crippen LogP contribution < -0.4 is 9.64 Å². The van der Waals surface area contributed by atoms with Gasteiger partial charge in [0.1, 0.15) is 5.75 Å². The lowest BCUT2D eigenvalue weighted by molar-refractivity contribution is -0.141. The molecule has 0 aromatic heterocycles. The number of fused-ring (bicyclic) bond motifs is 1. The molecule has 36 heavy (non-hydrogen) atoms. The standard InChI is InChI=1S/C32H39NO3/c1-22-20-26-21-28(34-2)14-15-29(26)31(30(22)23-8-6-5-7-9-23)24-10-12-27(13-11-24)33-18-16-25(17-19-33)32(35-3)36-4/h5-15,21-22,25,30-32H,16-20H2,1-4H3/t22-,30+,31+/m0/s1. The fraction of sp³-hybridized carbons (Fsp3) is 0.438. The molecule has 1 fully saturated rings. The third kappa shape index (κ3) is 4.89. The quantitative estimate of drug-likeness (QED) is 0.351. The molecule has 3 aromatic rings. The minimum Gasteiger partial charge on any atom is -0.497 e. The largest absolute Gasteiger partial charge is 0.497 e. The van der Waals surface area contributed by atoms with Gasteiger partial charge in [-0.25, -0.2) is 0 Å². The normalized spacial score (nSPS) is 22.5. The smallest absolute Gasteiger partial charge is 0.159 e. The van der Waals surface area contributed by atoms with Gasteiger partial charge in [0.05, 0.1) is 7.11 Å². The van der Waals surface area contributed by atoms with Gasteiger partial charge in [-0.05, 0) is 77.6 Å². The maximum atomic E-state index is 5.57. The molecule has 0 amide bonds. The van der Waals surface area contributed by atoms with Gasteiger partial charge in [-0.3, -0.25) is 0 Å². The van der Waals surface area contributed by atoms with Gasteiger partial charge in [-0.2, -0.15) is 0 Å². The van der Waals surface area contributed by atoms with Crippen LogP contribution in [0.25, 0.3) is 0 Å². The summed E-state index contributed by atoms with van der Waals surface area (Å²) in [7, 11) is 5.23. The SMILES string of the molecule is COc1ccc2c(c1)C[C@H](C)[C@H](c1ccccc1)[C@@H]2c1ccc(N2CCC(C(OC)OC)CC2)cc1. The molecule has 4 nitrogen and oxygen atoms in total. The number of ether oxygens (including phenoxy) is 3. The van der Waals surface area contributed by atoms with E-state index < -0.39 is 0 Å². The first kappa shape index (κ1) is 24.9. The summed E-state index contributed by atoms with van der Waals surface area (Å²) in [6.07, 6.45) is 3.13. The number of nitrogens with zero attached hydrogens (tertiary/aromatic N) is 1. The number of rotatable bonds is 7.